The molecule has 6 nitrogen and oxygen atoms in total. The first-order valence-corrected chi connectivity index (χ1v) is 14.6. The molecule has 0 saturated heterocycles. The summed E-state index contributed by atoms with van der Waals surface area (Å²) in [6, 6.07) is 15.9. The number of nitrogens with one attached hydrogen (secondary N) is 1. The van der Waals surface area contributed by atoms with E-state index in [0.29, 0.717) is 12.2 Å². The molecule has 202 valence electrons. The highest BCUT2D eigenvalue weighted by molar-refractivity contribution is 7.16. The van der Waals surface area contributed by atoms with E-state index in [4.69, 9.17) is 9.73 Å². The molecule has 0 spiro atoms. The Bertz CT molecular complexity index is 1550. The molecule has 39 heavy (non-hydrogen) atoms. The van der Waals surface area contributed by atoms with Gasteiger partial charge in [0.1, 0.15) is 11.5 Å². The summed E-state index contributed by atoms with van der Waals surface area (Å²) in [4.78, 5) is 32.3. The molecular formula is C32H35N3O3S. The van der Waals surface area contributed by atoms with Crippen LogP contribution < -0.4 is 5.32 Å². The fourth-order valence-electron chi connectivity index (χ4n) is 5.43. The first-order chi connectivity index (χ1) is 19.0. The molecule has 1 aliphatic rings. The molecule has 2 aromatic heterocycles. The maximum absolute atomic E-state index is 13.7. The lowest BCUT2D eigenvalue weighted by Crippen LogP contribution is -2.14. The van der Waals surface area contributed by atoms with Crippen molar-refractivity contribution in [1.29, 1.82) is 0 Å². The average Bonchev–Trinajstić information content (AvgIpc) is 3.36. The Balaban J connectivity index is 1.56. The monoisotopic (exact) mass is 541 g/mol. The summed E-state index contributed by atoms with van der Waals surface area (Å²) in [5.41, 5.74) is 6.58. The Morgan fingerprint density at radius 3 is 2.64 bits per heavy atom. The summed E-state index contributed by atoms with van der Waals surface area (Å²) in [5, 5.41) is 4.89. The number of carbonyl (C=O) groups excluding carboxylic acids is 2. The molecule has 2 heterocycles. The van der Waals surface area contributed by atoms with Gasteiger partial charge >= 0.3 is 5.97 Å². The Labute approximate surface area is 233 Å². The van der Waals surface area contributed by atoms with Gasteiger partial charge in [0, 0.05) is 38.9 Å². The lowest BCUT2D eigenvalue weighted by atomic mass is 9.96. The summed E-state index contributed by atoms with van der Waals surface area (Å²) < 4.78 is 7.20. The third-order valence-electron chi connectivity index (χ3n) is 7.34. The number of rotatable bonds is 7. The summed E-state index contributed by atoms with van der Waals surface area (Å²) >= 11 is 1.64. The number of amides is 1. The van der Waals surface area contributed by atoms with Gasteiger partial charge in [-0.15, -0.1) is 11.3 Å². The number of carbonyl (C=O) groups is 2. The number of nitrogens with zero attached hydrogens (tertiary/aromatic N) is 2. The molecule has 0 aliphatic heterocycles. The maximum Gasteiger partial charge on any atom is 0.325 e. The standard InChI is InChI=1S/C32H35N3O3S/c1-4-38-29(36)20-35-22(3)26(24-14-9-10-16-27(24)35)19-33-32-30(25-15-7-5-6-8-17-28(25)39-32)31(37)34-23-13-11-12-21(2)18-23/h9-14,16,18-19H,4-8,15,17,20H2,1-3H3,(H,34,37). The Kier molecular flexibility index (Phi) is 8.27. The number of thiophene rings is 1. The number of para-hydroxylation sites is 1. The minimum absolute atomic E-state index is 0.104. The largest absolute Gasteiger partial charge is 0.465 e. The number of benzene rings is 2. The second-order valence-electron chi connectivity index (χ2n) is 10.1. The number of esters is 1. The molecule has 0 radical (unpaired) electrons. The molecule has 7 heteroatoms. The van der Waals surface area contributed by atoms with E-state index < -0.39 is 0 Å². The van der Waals surface area contributed by atoms with Gasteiger partial charge in [0.25, 0.3) is 5.91 Å². The van der Waals surface area contributed by atoms with Crippen LogP contribution in [-0.2, 0) is 28.9 Å². The highest BCUT2D eigenvalue weighted by Gasteiger charge is 2.24. The van der Waals surface area contributed by atoms with Crippen molar-refractivity contribution < 1.29 is 14.3 Å². The molecule has 2 aromatic carbocycles. The highest BCUT2D eigenvalue weighted by atomic mass is 32.1. The van der Waals surface area contributed by atoms with Crippen LogP contribution >= 0.6 is 11.3 Å². The Morgan fingerprint density at radius 2 is 1.85 bits per heavy atom. The molecule has 4 aromatic rings. The molecule has 5 rings (SSSR count). The third-order valence-corrected chi connectivity index (χ3v) is 8.54. The number of hydrogen-bond acceptors (Lipinski definition) is 5. The molecule has 1 amide bonds. The van der Waals surface area contributed by atoms with Crippen LogP contribution in [-0.4, -0.2) is 29.3 Å². The van der Waals surface area contributed by atoms with Gasteiger partial charge in [-0.1, -0.05) is 43.2 Å². The van der Waals surface area contributed by atoms with Crippen LogP contribution in [0.15, 0.2) is 53.5 Å². The van der Waals surface area contributed by atoms with Crippen molar-refractivity contribution in [3.63, 3.8) is 0 Å². The van der Waals surface area contributed by atoms with Crippen molar-refractivity contribution in [3.05, 3.63) is 81.4 Å². The van der Waals surface area contributed by atoms with Gasteiger partial charge in [-0.3, -0.25) is 9.59 Å². The van der Waals surface area contributed by atoms with E-state index in [1.165, 1.54) is 17.7 Å². The van der Waals surface area contributed by atoms with Crippen molar-refractivity contribution >= 4 is 51.0 Å². The van der Waals surface area contributed by atoms with Gasteiger partial charge in [0.05, 0.1) is 12.2 Å². The van der Waals surface area contributed by atoms with Crippen molar-refractivity contribution in [1.82, 2.24) is 4.57 Å². The molecule has 0 saturated carbocycles. The number of aryl methyl sites for hydroxylation is 2. The average molecular weight is 542 g/mol. The van der Waals surface area contributed by atoms with Crippen LogP contribution in [0.5, 0.6) is 0 Å². The quantitative estimate of drug-likeness (QED) is 0.194. The maximum atomic E-state index is 13.7. The Morgan fingerprint density at radius 1 is 1.05 bits per heavy atom. The summed E-state index contributed by atoms with van der Waals surface area (Å²) in [6.45, 7) is 6.33. The fraction of sp³-hybridized carbons (Fsp3) is 0.344. The van der Waals surface area contributed by atoms with Gasteiger partial charge < -0.3 is 14.6 Å². The van der Waals surface area contributed by atoms with E-state index in [1.807, 2.05) is 80.1 Å². The molecular weight excluding hydrogens is 506 g/mol. The molecule has 0 bridgehead atoms. The predicted molar refractivity (Wildman–Crippen MR) is 160 cm³/mol. The third kappa shape index (κ3) is 5.83. The normalized spacial score (nSPS) is 13.7. The molecule has 1 aliphatic carbocycles. The molecule has 0 atom stereocenters. The second-order valence-corrected chi connectivity index (χ2v) is 11.2. The number of aromatic nitrogens is 1. The van der Waals surface area contributed by atoms with E-state index in [-0.39, 0.29) is 18.4 Å². The van der Waals surface area contributed by atoms with Crippen LogP contribution in [0.4, 0.5) is 10.7 Å². The van der Waals surface area contributed by atoms with Crippen LogP contribution in [0.2, 0.25) is 0 Å². The van der Waals surface area contributed by atoms with Crippen LogP contribution in [0.3, 0.4) is 0 Å². The van der Waals surface area contributed by atoms with E-state index in [2.05, 4.69) is 5.32 Å². The molecule has 0 unspecified atom stereocenters. The van der Waals surface area contributed by atoms with Crippen molar-refractivity contribution in [2.75, 3.05) is 11.9 Å². The topological polar surface area (TPSA) is 72.7 Å². The molecule has 1 N–H and O–H groups in total. The zero-order valence-corrected chi connectivity index (χ0v) is 23.7. The minimum atomic E-state index is -0.266. The van der Waals surface area contributed by atoms with Gasteiger partial charge in [0.15, 0.2) is 0 Å². The number of anilines is 1. The molecule has 0 fully saturated rings. The zero-order valence-electron chi connectivity index (χ0n) is 22.9. The SMILES string of the molecule is CCOC(=O)Cn1c(C)c(C=Nc2sc3c(c2C(=O)Nc2cccc(C)c2)CCCCCC3)c2ccccc21. The smallest absolute Gasteiger partial charge is 0.325 e. The van der Waals surface area contributed by atoms with Crippen molar-refractivity contribution in [2.24, 2.45) is 4.99 Å². The van der Waals surface area contributed by atoms with E-state index >= 15 is 0 Å². The number of fused-ring (bicyclic) bond motifs is 2. The van der Waals surface area contributed by atoms with E-state index in [9.17, 15) is 9.59 Å². The number of ether oxygens (including phenoxy) is 1. The summed E-state index contributed by atoms with van der Waals surface area (Å²) in [5.74, 6) is -0.370. The second kappa shape index (κ2) is 12.0. The first kappa shape index (κ1) is 26.9. The predicted octanol–water partition coefficient (Wildman–Crippen LogP) is 7.54. The summed E-state index contributed by atoms with van der Waals surface area (Å²) in [7, 11) is 0. The number of aliphatic imine (C=N–C) groups is 1. The van der Waals surface area contributed by atoms with Gasteiger partial charge in [-0.05, 0) is 75.8 Å². The number of hydrogen-bond donors (Lipinski definition) is 1. The van der Waals surface area contributed by atoms with Gasteiger partial charge in [0.2, 0.25) is 0 Å². The van der Waals surface area contributed by atoms with Crippen molar-refractivity contribution in [2.45, 2.75) is 65.8 Å². The summed E-state index contributed by atoms with van der Waals surface area (Å²) in [6.07, 6.45) is 8.37. The first-order valence-electron chi connectivity index (χ1n) is 13.8. The lowest BCUT2D eigenvalue weighted by Gasteiger charge is -2.12. The Hall–Kier alpha value is -3.71. The minimum Gasteiger partial charge on any atom is -0.465 e. The van der Waals surface area contributed by atoms with Gasteiger partial charge in [-0.2, -0.15) is 0 Å². The van der Waals surface area contributed by atoms with Crippen LogP contribution in [0.1, 0.15) is 70.2 Å². The van der Waals surface area contributed by atoms with Crippen LogP contribution in [0, 0.1) is 13.8 Å². The van der Waals surface area contributed by atoms with E-state index in [1.54, 1.807) is 11.3 Å². The van der Waals surface area contributed by atoms with Crippen molar-refractivity contribution in [3.8, 4) is 0 Å². The fourth-order valence-corrected chi connectivity index (χ4v) is 6.66. The van der Waals surface area contributed by atoms with Crippen LogP contribution in [0.25, 0.3) is 10.9 Å². The lowest BCUT2D eigenvalue weighted by molar-refractivity contribution is -0.143. The van der Waals surface area contributed by atoms with E-state index in [0.717, 1.165) is 69.7 Å². The highest BCUT2D eigenvalue weighted by Crippen LogP contribution is 2.39. The zero-order chi connectivity index (χ0) is 27.4. The van der Waals surface area contributed by atoms with Gasteiger partial charge in [-0.25, -0.2) is 4.99 Å².